The third kappa shape index (κ3) is 21.9. The highest BCUT2D eigenvalue weighted by atomic mass is 32.2. The van der Waals surface area contributed by atoms with E-state index in [0.29, 0.717) is 9.76 Å². The van der Waals surface area contributed by atoms with Crippen LogP contribution in [-0.4, -0.2) is 118 Å². The van der Waals surface area contributed by atoms with Gasteiger partial charge in [0.25, 0.3) is 0 Å². The van der Waals surface area contributed by atoms with E-state index in [4.69, 9.17) is 21.7 Å². The van der Waals surface area contributed by atoms with E-state index in [0.717, 1.165) is 17.3 Å². The molecule has 2 aromatic rings. The maximum absolute atomic E-state index is 13.7. The maximum atomic E-state index is 13.7. The highest BCUT2D eigenvalue weighted by Crippen LogP contribution is 2.19. The van der Waals surface area contributed by atoms with Gasteiger partial charge < -0.3 is 46.5 Å². The lowest BCUT2D eigenvalue weighted by atomic mass is 10.0. The Kier molecular flexibility index (Phi) is 22.3. The standard InChI is InChI=1S/C43H60N6O11S2/c1-27(62-41(61)29-16-12-9-13-17-29)37(55)45-25-33(51)47-30(18-20-35(53)59-42(2,3)4)39(57)46-26-34(52)48-32(24-28-14-10-8-11-15-28)40(58)49-31(38(56)44-22-23-50)19-21-36(54)60-43(5,6)7/h8-17,27,30-32,50H,18-26H2,1-7H3,(H,44,56)(H,45,55)(H,46,57)(H,47,51)(H,48,52)(H,49,58)/t27?,30-,31-,32-/m0/s1. The zero-order valence-corrected chi connectivity index (χ0v) is 37.9. The molecule has 2 aromatic carbocycles. The number of aliphatic hydroxyl groups is 1. The zero-order chi connectivity index (χ0) is 46.5. The topological polar surface area (TPSA) is 247 Å². The second kappa shape index (κ2) is 26.2. The smallest absolute Gasteiger partial charge is 0.306 e. The van der Waals surface area contributed by atoms with E-state index in [-0.39, 0.29) is 45.3 Å². The van der Waals surface area contributed by atoms with Crippen LogP contribution in [0.5, 0.6) is 0 Å². The Balaban J connectivity index is 2.16. The van der Waals surface area contributed by atoms with Crippen molar-refractivity contribution in [1.29, 1.82) is 0 Å². The van der Waals surface area contributed by atoms with Gasteiger partial charge in [0.05, 0.1) is 29.1 Å². The minimum atomic E-state index is -1.34. The molecule has 4 atom stereocenters. The van der Waals surface area contributed by atoms with Crippen LogP contribution in [0.4, 0.5) is 0 Å². The fourth-order valence-corrected chi connectivity index (χ4v) is 6.78. The lowest BCUT2D eigenvalue weighted by molar-refractivity contribution is -0.156. The molecule has 19 heteroatoms. The Bertz CT molecular complexity index is 1850. The lowest BCUT2D eigenvalue weighted by Crippen LogP contribution is -2.56. The van der Waals surface area contributed by atoms with E-state index in [1.54, 1.807) is 78.8 Å². The van der Waals surface area contributed by atoms with Crippen LogP contribution >= 0.6 is 24.0 Å². The summed E-state index contributed by atoms with van der Waals surface area (Å²) in [7, 11) is 0. The number of benzene rings is 2. The normalized spacial score (nSPS) is 13.2. The molecular weight excluding hydrogens is 841 g/mol. The second-order valence-electron chi connectivity index (χ2n) is 16.1. The number of ether oxygens (including phenoxy) is 2. The largest absolute Gasteiger partial charge is 0.460 e. The minimum Gasteiger partial charge on any atom is -0.460 e. The fraction of sp³-hybridized carbons (Fsp3) is 0.512. The Morgan fingerprint density at radius 3 is 1.58 bits per heavy atom. The number of carbonyl (C=O) groups excluding carboxylic acids is 8. The van der Waals surface area contributed by atoms with E-state index in [2.05, 4.69) is 31.9 Å². The molecule has 17 nitrogen and oxygen atoms in total. The monoisotopic (exact) mass is 900 g/mol. The summed E-state index contributed by atoms with van der Waals surface area (Å²) in [5, 5.41) is 23.7. The predicted octanol–water partition coefficient (Wildman–Crippen LogP) is 1.77. The van der Waals surface area contributed by atoms with Gasteiger partial charge in [-0.25, -0.2) is 0 Å². The van der Waals surface area contributed by atoms with Crippen molar-refractivity contribution in [3.05, 3.63) is 71.8 Å². The van der Waals surface area contributed by atoms with E-state index in [1.807, 2.05) is 30.3 Å². The van der Waals surface area contributed by atoms with E-state index in [1.165, 1.54) is 0 Å². The average molecular weight is 901 g/mol. The number of hydrogen-bond donors (Lipinski definition) is 7. The molecule has 0 radical (unpaired) electrons. The quantitative estimate of drug-likeness (QED) is 0.0622. The van der Waals surface area contributed by atoms with Gasteiger partial charge in [-0.15, -0.1) is 11.8 Å². The molecule has 2 rings (SSSR count). The third-order valence-electron chi connectivity index (χ3n) is 8.25. The number of amides is 6. The Labute approximate surface area is 372 Å². The molecule has 0 fully saturated rings. The minimum absolute atomic E-state index is 0.0289. The molecule has 62 heavy (non-hydrogen) atoms. The summed E-state index contributed by atoms with van der Waals surface area (Å²) in [6, 6.07) is 13.9. The molecule has 6 amide bonds. The first-order valence-electron chi connectivity index (χ1n) is 20.1. The van der Waals surface area contributed by atoms with Gasteiger partial charge in [0.1, 0.15) is 29.3 Å². The van der Waals surface area contributed by atoms with Crippen LogP contribution in [0, 0.1) is 0 Å². The van der Waals surface area contributed by atoms with Crippen LogP contribution in [0.1, 0.15) is 85.3 Å². The maximum Gasteiger partial charge on any atom is 0.306 e. The Hall–Kier alpha value is -5.40. The van der Waals surface area contributed by atoms with Gasteiger partial charge >= 0.3 is 11.9 Å². The van der Waals surface area contributed by atoms with E-state index < -0.39 is 95.0 Å². The summed E-state index contributed by atoms with van der Waals surface area (Å²) in [4.78, 5) is 104. The van der Waals surface area contributed by atoms with Crippen LogP contribution in [0.25, 0.3) is 0 Å². The second-order valence-corrected chi connectivity index (χ2v) is 18.1. The van der Waals surface area contributed by atoms with Gasteiger partial charge in [-0.3, -0.25) is 38.4 Å². The van der Waals surface area contributed by atoms with Gasteiger partial charge in [-0.2, -0.15) is 0 Å². The lowest BCUT2D eigenvalue weighted by Gasteiger charge is -2.24. The number of thioether (sulfide) groups is 1. The highest BCUT2D eigenvalue weighted by Gasteiger charge is 2.30. The molecule has 7 N–H and O–H groups in total. The van der Waals surface area contributed by atoms with Crippen molar-refractivity contribution in [1.82, 2.24) is 31.9 Å². The predicted molar refractivity (Wildman–Crippen MR) is 237 cm³/mol. The summed E-state index contributed by atoms with van der Waals surface area (Å²) in [6.45, 7) is 10.0. The summed E-state index contributed by atoms with van der Waals surface area (Å²) in [5.41, 5.74) is -0.182. The number of nitrogens with one attached hydrogen (secondary N) is 6. The number of hydrogen-bond acceptors (Lipinski definition) is 13. The molecular formula is C43H60N6O11S2. The molecule has 340 valence electrons. The molecule has 0 saturated carbocycles. The van der Waals surface area contributed by atoms with Crippen molar-refractivity contribution >= 4 is 75.6 Å². The zero-order valence-electron chi connectivity index (χ0n) is 36.3. The molecule has 0 bridgehead atoms. The SMILES string of the molecule is CC(SC(=S)c1ccccc1)C(=O)NCC(=O)N[C@@H](CCC(=O)OC(C)(C)C)C(=O)NCC(=O)N[C@@H](Cc1ccccc1)C(=O)N[C@@H](CCC(=O)OC(C)(C)C)C(=O)NCCO. The molecule has 1 unspecified atom stereocenters. The first-order chi connectivity index (χ1) is 29.1. The van der Waals surface area contributed by atoms with Crippen molar-refractivity contribution in [2.75, 3.05) is 26.2 Å². The van der Waals surface area contributed by atoms with Crippen LogP contribution in [-0.2, 0) is 54.3 Å². The van der Waals surface area contributed by atoms with Gasteiger partial charge in [-0.05, 0) is 72.4 Å². The van der Waals surface area contributed by atoms with Crippen LogP contribution in [0.15, 0.2) is 60.7 Å². The number of aliphatic hydroxyl groups excluding tert-OH is 1. The first-order valence-corrected chi connectivity index (χ1v) is 21.4. The van der Waals surface area contributed by atoms with Crippen LogP contribution in [0.3, 0.4) is 0 Å². The van der Waals surface area contributed by atoms with Crippen LogP contribution in [0.2, 0.25) is 0 Å². The van der Waals surface area contributed by atoms with Crippen molar-refractivity contribution in [3.8, 4) is 0 Å². The fourth-order valence-electron chi connectivity index (χ4n) is 5.43. The highest BCUT2D eigenvalue weighted by molar-refractivity contribution is 8.24. The van der Waals surface area contributed by atoms with Crippen molar-refractivity contribution in [2.24, 2.45) is 0 Å². The van der Waals surface area contributed by atoms with Gasteiger partial charge in [0.15, 0.2) is 0 Å². The summed E-state index contributed by atoms with van der Waals surface area (Å²) in [6.07, 6.45) is -0.907. The molecule has 0 spiro atoms. The number of carbonyl (C=O) groups is 8. The van der Waals surface area contributed by atoms with E-state index in [9.17, 15) is 43.5 Å². The third-order valence-corrected chi connectivity index (χ3v) is 9.80. The number of esters is 2. The summed E-state index contributed by atoms with van der Waals surface area (Å²) < 4.78 is 11.2. The molecule has 0 heterocycles. The van der Waals surface area contributed by atoms with Gasteiger partial charge in [0.2, 0.25) is 35.4 Å². The summed E-state index contributed by atoms with van der Waals surface area (Å²) in [5.74, 6) is -5.58. The summed E-state index contributed by atoms with van der Waals surface area (Å²) >= 11 is 6.57. The molecule has 0 aliphatic rings. The van der Waals surface area contributed by atoms with Crippen molar-refractivity contribution in [3.63, 3.8) is 0 Å². The average Bonchev–Trinajstić information content (AvgIpc) is 3.20. The molecule has 0 aliphatic carbocycles. The molecule has 0 saturated heterocycles. The molecule has 0 aliphatic heterocycles. The van der Waals surface area contributed by atoms with Crippen LogP contribution < -0.4 is 31.9 Å². The first kappa shape index (κ1) is 52.7. The Morgan fingerprint density at radius 1 is 0.629 bits per heavy atom. The van der Waals surface area contributed by atoms with Crippen molar-refractivity contribution in [2.45, 2.75) is 115 Å². The Morgan fingerprint density at radius 2 is 1.08 bits per heavy atom. The van der Waals surface area contributed by atoms with Crippen molar-refractivity contribution < 1.29 is 52.9 Å². The number of thiocarbonyl (C=S) groups is 1. The van der Waals surface area contributed by atoms with E-state index >= 15 is 0 Å². The number of rotatable bonds is 23. The van der Waals surface area contributed by atoms with Gasteiger partial charge in [0, 0.05) is 25.8 Å². The van der Waals surface area contributed by atoms with Gasteiger partial charge in [-0.1, -0.05) is 72.9 Å². The molecule has 0 aromatic heterocycles.